The molecule has 0 N–H and O–H groups in total. The molecule has 0 bridgehead atoms. The minimum atomic E-state index is -1.11. The van der Waals surface area contributed by atoms with E-state index in [9.17, 15) is 9.59 Å². The molecule has 0 amide bonds. The van der Waals surface area contributed by atoms with Crippen LogP contribution in [0.2, 0.25) is 0 Å². The van der Waals surface area contributed by atoms with Gasteiger partial charge in [0.15, 0.2) is 11.1 Å². The third-order valence-electron chi connectivity index (χ3n) is 3.49. The van der Waals surface area contributed by atoms with Gasteiger partial charge in [-0.1, -0.05) is 0 Å². The van der Waals surface area contributed by atoms with Gasteiger partial charge in [-0.25, -0.2) is 9.59 Å². The van der Waals surface area contributed by atoms with Crippen molar-refractivity contribution in [3.8, 4) is 6.07 Å². The van der Waals surface area contributed by atoms with Crippen LogP contribution in [0.1, 0.15) is 54.9 Å². The van der Waals surface area contributed by atoms with E-state index in [0.29, 0.717) is 0 Å². The Bertz CT molecular complexity index is 503. The highest BCUT2D eigenvalue weighted by Crippen LogP contribution is 2.19. The lowest BCUT2D eigenvalue weighted by atomic mass is 9.96. The van der Waals surface area contributed by atoms with Gasteiger partial charge in [-0.2, -0.15) is 15.5 Å². The van der Waals surface area contributed by atoms with Gasteiger partial charge in [0.1, 0.15) is 0 Å². The number of nitriles is 1. The zero-order valence-electron chi connectivity index (χ0n) is 17.7. The second-order valence-electron chi connectivity index (χ2n) is 7.50. The van der Waals surface area contributed by atoms with Crippen molar-refractivity contribution in [1.82, 2.24) is 0 Å². The number of methoxy groups -OCH3 is 3. The number of carbonyl (C=O) groups is 2. The number of esters is 2. The van der Waals surface area contributed by atoms with Crippen LogP contribution < -0.4 is 0 Å². The number of rotatable bonds is 7. The van der Waals surface area contributed by atoms with E-state index in [0.717, 1.165) is 6.42 Å². The molecule has 150 valence electrons. The van der Waals surface area contributed by atoms with E-state index < -0.39 is 23.0 Å². The van der Waals surface area contributed by atoms with E-state index in [1.165, 1.54) is 14.2 Å². The maximum Gasteiger partial charge on any atom is 0.335 e. The molecule has 0 aliphatic rings. The number of hydrogen-bond acceptors (Lipinski definition) is 8. The van der Waals surface area contributed by atoms with Gasteiger partial charge in [0.25, 0.3) is 0 Å². The number of nitrogens with zero attached hydrogens (tertiary/aromatic N) is 3. The Labute approximate surface area is 156 Å². The van der Waals surface area contributed by atoms with Crippen molar-refractivity contribution in [1.29, 1.82) is 5.26 Å². The van der Waals surface area contributed by atoms with Crippen LogP contribution in [0.5, 0.6) is 0 Å². The van der Waals surface area contributed by atoms with E-state index >= 15 is 0 Å². The summed E-state index contributed by atoms with van der Waals surface area (Å²) in [6.45, 7) is 12.1. The van der Waals surface area contributed by atoms with Crippen molar-refractivity contribution in [3.63, 3.8) is 0 Å². The van der Waals surface area contributed by atoms with Crippen LogP contribution in [0.15, 0.2) is 10.2 Å². The highest BCUT2D eigenvalue weighted by molar-refractivity contribution is 5.81. The van der Waals surface area contributed by atoms with Gasteiger partial charge in [-0.15, -0.1) is 0 Å². The molecule has 0 rings (SSSR count). The maximum atomic E-state index is 11.3. The molecule has 26 heavy (non-hydrogen) atoms. The summed E-state index contributed by atoms with van der Waals surface area (Å²) in [4.78, 5) is 22.6. The minimum Gasteiger partial charge on any atom is -0.467 e. The van der Waals surface area contributed by atoms with E-state index in [1.807, 2.05) is 20.8 Å². The largest absolute Gasteiger partial charge is 0.467 e. The number of carbonyl (C=O) groups excluding carboxylic acids is 2. The second-order valence-corrected chi connectivity index (χ2v) is 7.50. The lowest BCUT2D eigenvalue weighted by Crippen LogP contribution is -2.34. The fraction of sp³-hybridized carbons (Fsp3) is 0.833. The van der Waals surface area contributed by atoms with E-state index in [1.54, 1.807) is 34.8 Å². The smallest absolute Gasteiger partial charge is 0.335 e. The molecule has 1 unspecified atom stereocenters. The fourth-order valence-electron chi connectivity index (χ4n) is 1.70. The van der Waals surface area contributed by atoms with Crippen LogP contribution in [-0.4, -0.2) is 49.9 Å². The average Bonchev–Trinajstić information content (AvgIpc) is 2.58. The highest BCUT2D eigenvalue weighted by atomic mass is 16.5. The van der Waals surface area contributed by atoms with Gasteiger partial charge >= 0.3 is 11.9 Å². The normalized spacial score (nSPS) is 13.3. The van der Waals surface area contributed by atoms with E-state index in [-0.39, 0.29) is 11.5 Å². The Balaban J connectivity index is 0. The zero-order chi connectivity index (χ0) is 21.2. The predicted octanol–water partition coefficient (Wildman–Crippen LogP) is 3.30. The van der Waals surface area contributed by atoms with Crippen LogP contribution >= 0.6 is 0 Å². The molecule has 0 radical (unpaired) electrons. The maximum absolute atomic E-state index is 11.3. The van der Waals surface area contributed by atoms with Crippen molar-refractivity contribution in [2.24, 2.45) is 16.1 Å². The fourth-order valence-corrected chi connectivity index (χ4v) is 1.70. The first-order chi connectivity index (χ1) is 11.7. The molecule has 0 aromatic heterocycles. The summed E-state index contributed by atoms with van der Waals surface area (Å²) in [6.07, 6.45) is 0.792. The molecular weight excluding hydrogens is 338 g/mol. The van der Waals surface area contributed by atoms with Crippen molar-refractivity contribution in [2.75, 3.05) is 21.3 Å². The monoisotopic (exact) mass is 371 g/mol. The van der Waals surface area contributed by atoms with Crippen LogP contribution in [0.25, 0.3) is 0 Å². The van der Waals surface area contributed by atoms with Crippen LogP contribution in [0, 0.1) is 17.2 Å². The quantitative estimate of drug-likeness (QED) is 0.501. The first-order valence-corrected chi connectivity index (χ1v) is 8.24. The summed E-state index contributed by atoms with van der Waals surface area (Å²) >= 11 is 0. The molecule has 0 heterocycles. The SMILES string of the molecule is COC(=O)C(C)(C)N=NC(C)(C)C(=O)OC.COC(C)(C)CC(C)C#N. The first kappa shape index (κ1) is 26.2. The van der Waals surface area contributed by atoms with Gasteiger partial charge < -0.3 is 14.2 Å². The number of ether oxygens (including phenoxy) is 3. The summed E-state index contributed by atoms with van der Waals surface area (Å²) in [5, 5.41) is 16.1. The van der Waals surface area contributed by atoms with Crippen LogP contribution in [0.4, 0.5) is 0 Å². The second kappa shape index (κ2) is 10.9. The van der Waals surface area contributed by atoms with Crippen molar-refractivity contribution in [2.45, 2.75) is 71.6 Å². The van der Waals surface area contributed by atoms with Crippen molar-refractivity contribution >= 4 is 11.9 Å². The van der Waals surface area contributed by atoms with Crippen LogP contribution in [-0.2, 0) is 23.8 Å². The Kier molecular flexibility index (Phi) is 11.0. The first-order valence-electron chi connectivity index (χ1n) is 8.24. The molecule has 0 aromatic carbocycles. The minimum absolute atomic E-state index is 0.0787. The Morgan fingerprint density at radius 3 is 1.50 bits per heavy atom. The summed E-state index contributed by atoms with van der Waals surface area (Å²) in [5.74, 6) is -0.955. The number of hydrogen-bond donors (Lipinski definition) is 0. The highest BCUT2D eigenvalue weighted by Gasteiger charge is 2.33. The molecule has 0 saturated heterocycles. The van der Waals surface area contributed by atoms with Gasteiger partial charge in [0.2, 0.25) is 0 Å². The van der Waals surface area contributed by atoms with Gasteiger partial charge in [-0.3, -0.25) is 0 Å². The van der Waals surface area contributed by atoms with Crippen LogP contribution in [0.3, 0.4) is 0 Å². The van der Waals surface area contributed by atoms with Crippen molar-refractivity contribution < 1.29 is 23.8 Å². The average molecular weight is 371 g/mol. The molecule has 8 nitrogen and oxygen atoms in total. The standard InChI is InChI=1S/C10H18N2O4.C8H15NO/c1-9(2,7(13)15-5)11-12-10(3,4)8(14)16-6;1-7(6-9)5-8(2,3)10-4/h1-6H3;7H,5H2,1-4H3. The molecule has 0 spiro atoms. The van der Waals surface area contributed by atoms with E-state index in [4.69, 9.17) is 10.00 Å². The van der Waals surface area contributed by atoms with Gasteiger partial charge in [0.05, 0.1) is 25.9 Å². The molecule has 0 aliphatic heterocycles. The Morgan fingerprint density at radius 2 is 1.27 bits per heavy atom. The lowest BCUT2D eigenvalue weighted by Gasteiger charge is -2.23. The topological polar surface area (TPSA) is 110 Å². The Hall–Kier alpha value is -2.01. The molecule has 0 saturated carbocycles. The van der Waals surface area contributed by atoms with Crippen molar-refractivity contribution in [3.05, 3.63) is 0 Å². The summed E-state index contributed by atoms with van der Waals surface area (Å²) in [6, 6.07) is 2.18. The summed E-state index contributed by atoms with van der Waals surface area (Å²) < 4.78 is 14.3. The van der Waals surface area contributed by atoms with E-state index in [2.05, 4.69) is 25.8 Å². The molecule has 0 aliphatic carbocycles. The molecule has 0 fully saturated rings. The van der Waals surface area contributed by atoms with Gasteiger partial charge in [-0.05, 0) is 54.9 Å². The molecule has 0 aromatic rings. The molecular formula is C18H33N3O5. The third-order valence-corrected chi connectivity index (χ3v) is 3.49. The predicted molar refractivity (Wildman–Crippen MR) is 97.5 cm³/mol. The third kappa shape index (κ3) is 10.1. The lowest BCUT2D eigenvalue weighted by molar-refractivity contribution is -0.148. The summed E-state index contributed by atoms with van der Waals surface area (Å²) in [5.41, 5.74) is -2.38. The molecule has 1 atom stereocenters. The summed E-state index contributed by atoms with van der Waals surface area (Å²) in [7, 11) is 4.21. The van der Waals surface area contributed by atoms with Gasteiger partial charge in [0, 0.05) is 13.0 Å². The zero-order valence-corrected chi connectivity index (χ0v) is 17.7. The Morgan fingerprint density at radius 1 is 0.923 bits per heavy atom. The number of azo groups is 1. The molecule has 8 heteroatoms.